The summed E-state index contributed by atoms with van der Waals surface area (Å²) in [6, 6.07) is 10.0. The molecule has 113 valence electrons. The fourth-order valence-corrected chi connectivity index (χ4v) is 1.15. The van der Waals surface area contributed by atoms with Gasteiger partial charge in [0.25, 0.3) is 17.9 Å². The topological polar surface area (TPSA) is 112 Å². The average Bonchev–Trinajstić information content (AvgIpc) is 2.28. The second-order valence-corrected chi connectivity index (χ2v) is 4.14. The van der Waals surface area contributed by atoms with Crippen molar-refractivity contribution in [2.75, 3.05) is 0 Å². The summed E-state index contributed by atoms with van der Waals surface area (Å²) in [5, 5.41) is 22.2. The van der Waals surface area contributed by atoms with Gasteiger partial charge in [0.1, 0.15) is 0 Å². The molecule has 7 heteroatoms. The first-order chi connectivity index (χ1) is 9.63. The van der Waals surface area contributed by atoms with Gasteiger partial charge < -0.3 is 15.3 Å². The number of carboxylic acids is 3. The van der Waals surface area contributed by atoms with Crippen molar-refractivity contribution in [1.29, 1.82) is 0 Å². The van der Waals surface area contributed by atoms with E-state index in [0.29, 0.717) is 0 Å². The number of carboxylic acid groups (broad SMARTS) is 3. The Balaban J connectivity index is -0.000000230. The van der Waals surface area contributed by atoms with Crippen LogP contribution in [-0.4, -0.2) is 59.0 Å². The normalized spacial score (nSPS) is 6.86. The van der Waals surface area contributed by atoms with Gasteiger partial charge in [-0.25, -0.2) is 0 Å². The van der Waals surface area contributed by atoms with Crippen molar-refractivity contribution < 1.29 is 29.7 Å². The number of rotatable bonds is 0. The van der Waals surface area contributed by atoms with E-state index in [0.717, 1.165) is 52.1 Å². The molecule has 0 saturated heterocycles. The van der Waals surface area contributed by atoms with Crippen molar-refractivity contribution in [3.05, 3.63) is 35.9 Å². The monoisotopic (exact) mass is 489 g/mol. The fourth-order valence-electron chi connectivity index (χ4n) is 0.594. The molecule has 1 rings (SSSR count). The van der Waals surface area contributed by atoms with Crippen LogP contribution >= 0.6 is 0 Å². The Labute approximate surface area is 139 Å². The Kier molecular flexibility index (Phi) is 20.8. The summed E-state index contributed by atoms with van der Waals surface area (Å²) in [5.41, 5.74) is 1.12. The van der Waals surface area contributed by atoms with Crippen LogP contribution in [0.1, 0.15) is 26.3 Å². The number of carbonyl (C=O) groups is 3. The zero-order chi connectivity index (χ0) is 17.3. The molecule has 0 aliphatic heterocycles. The Morgan fingerprint density at radius 2 is 1.14 bits per heavy atom. The minimum atomic E-state index is -0.833. The molecule has 0 unspecified atom stereocenters. The second-order valence-electron chi connectivity index (χ2n) is 3.17. The molecule has 0 aromatic heterocycles. The van der Waals surface area contributed by atoms with Crippen molar-refractivity contribution in [2.45, 2.75) is 20.8 Å². The Morgan fingerprint density at radius 3 is 1.38 bits per heavy atom. The number of aliphatic carboxylic acids is 3. The number of hydrogen-bond acceptors (Lipinski definition) is 3. The molecule has 6 nitrogen and oxygen atoms in total. The van der Waals surface area contributed by atoms with Crippen LogP contribution in [0.25, 0.3) is 0 Å². The van der Waals surface area contributed by atoms with Crippen LogP contribution in [0.2, 0.25) is 0 Å². The van der Waals surface area contributed by atoms with E-state index >= 15 is 0 Å². The first-order valence-electron chi connectivity index (χ1n) is 5.44. The number of benzene rings is 1. The predicted octanol–water partition coefficient (Wildman–Crippen LogP) is 1.44. The van der Waals surface area contributed by atoms with Gasteiger partial charge in [-0.3, -0.25) is 14.4 Å². The first-order valence-corrected chi connectivity index (χ1v) is 7.39. The van der Waals surface area contributed by atoms with Crippen LogP contribution in [-0.2, 0) is 14.4 Å². The molecule has 21 heavy (non-hydrogen) atoms. The molecule has 3 radical (unpaired) electrons. The maximum absolute atomic E-state index is 9.00. The van der Waals surface area contributed by atoms with Crippen LogP contribution in [0.5, 0.6) is 0 Å². The van der Waals surface area contributed by atoms with Crippen molar-refractivity contribution in [3.63, 3.8) is 0 Å². The molecule has 0 spiro atoms. The molecule has 0 fully saturated rings. The third-order valence-corrected chi connectivity index (χ3v) is 1.47. The third-order valence-electron chi connectivity index (χ3n) is 0.981. The maximum atomic E-state index is 9.00. The second kappa shape index (κ2) is 18.1. The Hall–Kier alpha value is -1.89. The Bertz CT molecular complexity index is 433. The summed E-state index contributed by atoms with van der Waals surface area (Å²) in [6.45, 7) is 3.25. The summed E-state index contributed by atoms with van der Waals surface area (Å²) < 4.78 is 2.97. The van der Waals surface area contributed by atoms with E-state index in [1.807, 2.05) is 30.3 Å². The van der Waals surface area contributed by atoms with E-state index in [-0.39, 0.29) is 0 Å². The summed E-state index contributed by atoms with van der Waals surface area (Å²) in [5.74, 6) is 0.519. The molecule has 0 bridgehead atoms. The van der Waals surface area contributed by atoms with E-state index in [4.69, 9.17) is 29.7 Å². The third kappa shape index (κ3) is 56.6. The van der Waals surface area contributed by atoms with Gasteiger partial charge in [0.05, 0.1) is 0 Å². The molecule has 1 aromatic rings. The molecular weight excluding hydrogens is 471 g/mol. The van der Waals surface area contributed by atoms with Crippen molar-refractivity contribution >= 4 is 43.7 Å². The number of hydrogen-bond donors (Lipinski definition) is 3. The van der Waals surface area contributed by atoms with Gasteiger partial charge in [0, 0.05) is 20.8 Å². The Morgan fingerprint density at radius 1 is 0.857 bits per heavy atom. The van der Waals surface area contributed by atoms with Gasteiger partial charge >= 0.3 is 71.1 Å². The van der Waals surface area contributed by atoms with Crippen LogP contribution < -0.4 is 0 Å². The molecular formula is C14H17O6Pb. The summed E-state index contributed by atoms with van der Waals surface area (Å²) in [7, 11) is 0. The molecule has 0 aliphatic rings. The SMILES string of the molecule is CC(=O)O.CC(=O)O.CC(=O)O.[Pb][C]#Cc1ccccc1. The van der Waals surface area contributed by atoms with Gasteiger partial charge in [-0.05, 0) is 0 Å². The van der Waals surface area contributed by atoms with Crippen LogP contribution in [0.15, 0.2) is 30.3 Å². The molecule has 0 heterocycles. The molecule has 3 N–H and O–H groups in total. The predicted molar refractivity (Wildman–Crippen MR) is 79.0 cm³/mol. The average molecular weight is 488 g/mol. The van der Waals surface area contributed by atoms with E-state index in [2.05, 4.69) is 9.40 Å². The van der Waals surface area contributed by atoms with Gasteiger partial charge in [-0.1, -0.05) is 0 Å². The molecule has 1 aromatic carbocycles. The molecule has 0 amide bonds. The quantitative estimate of drug-likeness (QED) is 0.377. The van der Waals surface area contributed by atoms with Gasteiger partial charge in [-0.15, -0.1) is 0 Å². The van der Waals surface area contributed by atoms with E-state index in [1.54, 1.807) is 0 Å². The van der Waals surface area contributed by atoms with E-state index in [9.17, 15) is 0 Å². The zero-order valence-corrected chi connectivity index (χ0v) is 15.8. The summed E-state index contributed by atoms with van der Waals surface area (Å²) in [6.07, 6.45) is 0. The standard InChI is InChI=1S/C8H5.3C2H4O2.Pb/c1-2-8-6-4-3-5-7-8;3*1-2(3)4;/h3-7H;3*1H3,(H,3,4);. The van der Waals surface area contributed by atoms with Crippen molar-refractivity contribution in [1.82, 2.24) is 0 Å². The first kappa shape index (κ1) is 24.2. The van der Waals surface area contributed by atoms with Crippen LogP contribution in [0.3, 0.4) is 0 Å². The summed E-state index contributed by atoms with van der Waals surface area (Å²) >= 11 is 0.963. The molecule has 0 saturated carbocycles. The minimum absolute atomic E-state index is 0.833. The van der Waals surface area contributed by atoms with Crippen molar-refractivity contribution in [2.24, 2.45) is 0 Å². The molecule has 0 atom stereocenters. The zero-order valence-electron chi connectivity index (χ0n) is 12.0. The van der Waals surface area contributed by atoms with Gasteiger partial charge in [0.15, 0.2) is 0 Å². The van der Waals surface area contributed by atoms with E-state index in [1.165, 1.54) is 0 Å². The van der Waals surface area contributed by atoms with Gasteiger partial charge in [-0.2, -0.15) is 0 Å². The molecule has 0 aliphatic carbocycles. The van der Waals surface area contributed by atoms with Gasteiger partial charge in [0.2, 0.25) is 0 Å². The fraction of sp³-hybridized carbons (Fsp3) is 0.214. The van der Waals surface area contributed by atoms with Crippen LogP contribution in [0, 0.1) is 9.40 Å². The van der Waals surface area contributed by atoms with E-state index < -0.39 is 17.9 Å². The van der Waals surface area contributed by atoms with Crippen LogP contribution in [0.4, 0.5) is 0 Å². The van der Waals surface area contributed by atoms with Crippen molar-refractivity contribution in [3.8, 4) is 9.40 Å². The summed E-state index contributed by atoms with van der Waals surface area (Å²) in [4.78, 5) is 27.0.